The molecule has 1 aliphatic heterocycles. The first kappa shape index (κ1) is 12.5. The highest BCUT2D eigenvalue weighted by atomic mass is 16.5. The van der Waals surface area contributed by atoms with Crippen molar-refractivity contribution in [2.24, 2.45) is 11.8 Å². The first-order valence-electron chi connectivity index (χ1n) is 6.26. The monoisotopic (exact) mass is 241 g/mol. The van der Waals surface area contributed by atoms with Gasteiger partial charge < -0.3 is 9.84 Å². The lowest BCUT2D eigenvalue weighted by atomic mass is 9.81. The maximum Gasteiger partial charge on any atom is 0.235 e. The summed E-state index contributed by atoms with van der Waals surface area (Å²) in [5, 5.41) is 8.68. The fraction of sp³-hybridized carbons (Fsp3) is 0.833. The summed E-state index contributed by atoms with van der Waals surface area (Å²) in [6, 6.07) is 0. The van der Waals surface area contributed by atoms with E-state index in [1.54, 1.807) is 6.92 Å². The number of rotatable bonds is 4. The highest BCUT2D eigenvalue weighted by Gasteiger charge is 2.49. The second-order valence-corrected chi connectivity index (χ2v) is 4.74. The molecule has 0 bridgehead atoms. The molecule has 2 fully saturated rings. The molecule has 0 aromatic rings. The zero-order valence-corrected chi connectivity index (χ0v) is 10.1. The Morgan fingerprint density at radius 3 is 2.29 bits per heavy atom. The van der Waals surface area contributed by atoms with Gasteiger partial charge in [0, 0.05) is 0 Å². The summed E-state index contributed by atoms with van der Waals surface area (Å²) in [6.45, 7) is 1.73. The van der Waals surface area contributed by atoms with Crippen molar-refractivity contribution in [1.29, 1.82) is 0 Å². The Kier molecular flexibility index (Phi) is 3.79. The lowest BCUT2D eigenvalue weighted by Crippen LogP contribution is -2.41. The van der Waals surface area contributed by atoms with Crippen LogP contribution >= 0.6 is 0 Å². The SMILES string of the molecule is CC(OCCO)N1C(=O)C2CCCCC2C1=O. The van der Waals surface area contributed by atoms with E-state index in [0.29, 0.717) is 0 Å². The average Bonchev–Trinajstić information content (AvgIpc) is 2.60. The Balaban J connectivity index is 2.07. The van der Waals surface area contributed by atoms with Gasteiger partial charge in [-0.25, -0.2) is 0 Å². The van der Waals surface area contributed by atoms with E-state index in [1.807, 2.05) is 0 Å². The van der Waals surface area contributed by atoms with Crippen molar-refractivity contribution in [3.63, 3.8) is 0 Å². The first-order chi connectivity index (χ1) is 8.16. The molecule has 2 amide bonds. The Bertz CT molecular complexity index is 294. The topological polar surface area (TPSA) is 66.8 Å². The van der Waals surface area contributed by atoms with E-state index in [-0.39, 0.29) is 36.9 Å². The summed E-state index contributed by atoms with van der Waals surface area (Å²) in [6.07, 6.45) is 3.13. The number of imide groups is 1. The van der Waals surface area contributed by atoms with Gasteiger partial charge in [0.15, 0.2) is 0 Å². The molecule has 3 unspecified atom stereocenters. The molecule has 2 aliphatic rings. The van der Waals surface area contributed by atoms with Gasteiger partial charge in [-0.05, 0) is 19.8 Å². The van der Waals surface area contributed by atoms with Gasteiger partial charge in [-0.3, -0.25) is 14.5 Å². The molecule has 1 saturated carbocycles. The van der Waals surface area contributed by atoms with E-state index in [2.05, 4.69) is 0 Å². The summed E-state index contributed by atoms with van der Waals surface area (Å²) < 4.78 is 5.26. The van der Waals surface area contributed by atoms with Crippen LogP contribution in [0.1, 0.15) is 32.6 Å². The van der Waals surface area contributed by atoms with Crippen LogP contribution in [0.5, 0.6) is 0 Å². The third-order valence-corrected chi connectivity index (χ3v) is 3.69. The van der Waals surface area contributed by atoms with Crippen LogP contribution in [-0.2, 0) is 14.3 Å². The van der Waals surface area contributed by atoms with Crippen LogP contribution in [-0.4, -0.2) is 41.3 Å². The van der Waals surface area contributed by atoms with Crippen molar-refractivity contribution in [2.75, 3.05) is 13.2 Å². The molecular formula is C12H19NO4. The van der Waals surface area contributed by atoms with Gasteiger partial charge in [0.2, 0.25) is 11.8 Å². The number of aliphatic hydroxyl groups excluding tert-OH is 1. The number of likely N-dealkylation sites (tertiary alicyclic amines) is 1. The molecule has 5 nitrogen and oxygen atoms in total. The summed E-state index contributed by atoms with van der Waals surface area (Å²) in [5.74, 6) is -0.442. The van der Waals surface area contributed by atoms with Crippen molar-refractivity contribution in [3.8, 4) is 0 Å². The van der Waals surface area contributed by atoms with Gasteiger partial charge in [-0.2, -0.15) is 0 Å². The Morgan fingerprint density at radius 2 is 1.82 bits per heavy atom. The summed E-state index contributed by atoms with van der Waals surface area (Å²) >= 11 is 0. The van der Waals surface area contributed by atoms with E-state index in [1.165, 1.54) is 4.90 Å². The predicted molar refractivity (Wildman–Crippen MR) is 59.8 cm³/mol. The molecule has 1 heterocycles. The van der Waals surface area contributed by atoms with Gasteiger partial charge in [-0.15, -0.1) is 0 Å². The molecule has 1 saturated heterocycles. The number of hydrogen-bond donors (Lipinski definition) is 1. The third-order valence-electron chi connectivity index (χ3n) is 3.69. The lowest BCUT2D eigenvalue weighted by molar-refractivity contribution is -0.154. The smallest absolute Gasteiger partial charge is 0.235 e. The number of ether oxygens (including phenoxy) is 1. The van der Waals surface area contributed by atoms with Crippen LogP contribution < -0.4 is 0 Å². The molecule has 2 rings (SSSR count). The minimum atomic E-state index is -0.562. The highest BCUT2D eigenvalue weighted by Crippen LogP contribution is 2.38. The second-order valence-electron chi connectivity index (χ2n) is 4.74. The zero-order chi connectivity index (χ0) is 12.4. The number of hydrogen-bond acceptors (Lipinski definition) is 4. The number of nitrogens with zero attached hydrogens (tertiary/aromatic N) is 1. The van der Waals surface area contributed by atoms with Crippen LogP contribution in [0.3, 0.4) is 0 Å². The maximum atomic E-state index is 12.1. The van der Waals surface area contributed by atoms with E-state index in [0.717, 1.165) is 25.7 Å². The van der Waals surface area contributed by atoms with E-state index < -0.39 is 6.23 Å². The highest BCUT2D eigenvalue weighted by molar-refractivity contribution is 6.05. The van der Waals surface area contributed by atoms with Crippen molar-refractivity contribution >= 4 is 11.8 Å². The largest absolute Gasteiger partial charge is 0.394 e. The minimum absolute atomic E-state index is 0.0925. The van der Waals surface area contributed by atoms with Crippen LogP contribution in [0.4, 0.5) is 0 Å². The molecule has 1 N–H and O–H groups in total. The molecule has 5 heteroatoms. The van der Waals surface area contributed by atoms with Crippen LogP contribution in [0.15, 0.2) is 0 Å². The lowest BCUT2D eigenvalue weighted by Gasteiger charge is -2.22. The average molecular weight is 241 g/mol. The van der Waals surface area contributed by atoms with Gasteiger partial charge in [-0.1, -0.05) is 12.8 Å². The molecule has 3 atom stereocenters. The molecule has 0 spiro atoms. The number of amides is 2. The van der Waals surface area contributed by atoms with Crippen molar-refractivity contribution in [1.82, 2.24) is 4.90 Å². The van der Waals surface area contributed by atoms with Crippen molar-refractivity contribution in [2.45, 2.75) is 38.8 Å². The van der Waals surface area contributed by atoms with Crippen molar-refractivity contribution in [3.05, 3.63) is 0 Å². The van der Waals surface area contributed by atoms with Gasteiger partial charge in [0.05, 0.1) is 25.0 Å². The quantitative estimate of drug-likeness (QED) is 0.728. The summed E-state index contributed by atoms with van der Waals surface area (Å²) in [7, 11) is 0. The van der Waals surface area contributed by atoms with E-state index >= 15 is 0 Å². The molecule has 96 valence electrons. The van der Waals surface area contributed by atoms with Gasteiger partial charge >= 0.3 is 0 Å². The van der Waals surface area contributed by atoms with E-state index in [9.17, 15) is 9.59 Å². The third kappa shape index (κ3) is 2.21. The Hall–Kier alpha value is -0.940. The number of fused-ring (bicyclic) bond motifs is 1. The maximum absolute atomic E-state index is 12.1. The minimum Gasteiger partial charge on any atom is -0.394 e. The van der Waals surface area contributed by atoms with E-state index in [4.69, 9.17) is 9.84 Å². The molecule has 0 aromatic heterocycles. The number of carbonyl (C=O) groups is 2. The number of aliphatic hydroxyl groups is 1. The zero-order valence-electron chi connectivity index (χ0n) is 10.1. The van der Waals surface area contributed by atoms with Crippen molar-refractivity contribution < 1.29 is 19.4 Å². The molecule has 0 aromatic carbocycles. The molecular weight excluding hydrogens is 222 g/mol. The molecule has 1 aliphatic carbocycles. The molecule has 0 radical (unpaired) electrons. The normalized spacial score (nSPS) is 30.6. The standard InChI is InChI=1S/C12H19NO4/c1-8(17-7-6-14)13-11(15)9-4-2-3-5-10(9)12(13)16/h8-10,14H,2-7H2,1H3. The molecule has 17 heavy (non-hydrogen) atoms. The summed E-state index contributed by atoms with van der Waals surface area (Å²) in [5.41, 5.74) is 0. The predicted octanol–water partition coefficient (Wildman–Crippen LogP) is 0.516. The summed E-state index contributed by atoms with van der Waals surface area (Å²) in [4.78, 5) is 25.5. The van der Waals surface area contributed by atoms with Crippen LogP contribution in [0.2, 0.25) is 0 Å². The van der Waals surface area contributed by atoms with Gasteiger partial charge in [0.25, 0.3) is 0 Å². The second kappa shape index (κ2) is 5.14. The fourth-order valence-electron chi connectivity index (χ4n) is 2.84. The van der Waals surface area contributed by atoms with Crippen LogP contribution in [0.25, 0.3) is 0 Å². The fourth-order valence-corrected chi connectivity index (χ4v) is 2.84. The number of carbonyl (C=O) groups excluding carboxylic acids is 2. The first-order valence-corrected chi connectivity index (χ1v) is 6.26. The Labute approximate surface area is 101 Å². The van der Waals surface area contributed by atoms with Gasteiger partial charge in [0.1, 0.15) is 6.23 Å². The Morgan fingerprint density at radius 1 is 1.29 bits per heavy atom. The van der Waals surface area contributed by atoms with Crippen LogP contribution in [0, 0.1) is 11.8 Å².